The van der Waals surface area contributed by atoms with Crippen molar-refractivity contribution in [1.29, 1.82) is 0 Å². The quantitative estimate of drug-likeness (QED) is 0.599. The molecule has 8 heteroatoms. The number of aliphatic hydroxyl groups is 1. The van der Waals surface area contributed by atoms with Crippen LogP contribution in [0.1, 0.15) is 11.1 Å². The van der Waals surface area contributed by atoms with Gasteiger partial charge in [0.1, 0.15) is 0 Å². The van der Waals surface area contributed by atoms with Crippen LogP contribution in [0, 0.1) is 5.92 Å². The summed E-state index contributed by atoms with van der Waals surface area (Å²) in [6, 6.07) is 7.95. The van der Waals surface area contributed by atoms with E-state index in [9.17, 15) is 20.1 Å². The van der Waals surface area contributed by atoms with Gasteiger partial charge < -0.3 is 34.3 Å². The van der Waals surface area contributed by atoms with Crippen LogP contribution in [0.5, 0.6) is 28.7 Å². The molecule has 3 rings (SSSR count). The molecule has 8 nitrogen and oxygen atoms in total. The van der Waals surface area contributed by atoms with Gasteiger partial charge in [-0.25, -0.2) is 4.79 Å². The largest absolute Gasteiger partial charge is 0.504 e. The molecular weight excluding hydrogens is 380 g/mol. The van der Waals surface area contributed by atoms with Crippen LogP contribution in [0.2, 0.25) is 0 Å². The second-order valence-electron chi connectivity index (χ2n) is 6.96. The number of carbonyl (C=O) groups is 1. The van der Waals surface area contributed by atoms with Crippen molar-refractivity contribution in [3.05, 3.63) is 41.5 Å². The van der Waals surface area contributed by atoms with Crippen molar-refractivity contribution in [3.8, 4) is 28.7 Å². The minimum Gasteiger partial charge on any atom is -0.504 e. The third kappa shape index (κ3) is 3.88. The van der Waals surface area contributed by atoms with E-state index in [4.69, 9.17) is 18.9 Å². The molecule has 29 heavy (non-hydrogen) atoms. The highest BCUT2D eigenvalue weighted by Gasteiger charge is 2.51. The SMILES string of the molecule is COc1cc(CC2COC(=O)C2(O)Cc2cc(OC)c(O)c(OC)c2)ccc1O. The van der Waals surface area contributed by atoms with Crippen molar-refractivity contribution >= 4 is 5.97 Å². The maximum absolute atomic E-state index is 12.4. The van der Waals surface area contributed by atoms with E-state index < -0.39 is 17.5 Å². The van der Waals surface area contributed by atoms with E-state index in [1.807, 2.05) is 0 Å². The molecule has 3 N–H and O–H groups in total. The predicted octanol–water partition coefficient (Wildman–Crippen LogP) is 1.81. The Morgan fingerprint density at radius 1 is 1.00 bits per heavy atom. The van der Waals surface area contributed by atoms with Gasteiger partial charge in [0.15, 0.2) is 28.6 Å². The highest BCUT2D eigenvalue weighted by molar-refractivity contribution is 5.82. The second-order valence-corrected chi connectivity index (χ2v) is 6.96. The highest BCUT2D eigenvalue weighted by Crippen LogP contribution is 2.40. The molecule has 2 aromatic carbocycles. The molecule has 0 aromatic heterocycles. The van der Waals surface area contributed by atoms with Crippen LogP contribution in [-0.4, -0.2) is 54.8 Å². The summed E-state index contributed by atoms with van der Waals surface area (Å²) in [4.78, 5) is 12.4. The summed E-state index contributed by atoms with van der Waals surface area (Å²) in [6.45, 7) is 0.0604. The van der Waals surface area contributed by atoms with Crippen LogP contribution in [-0.2, 0) is 22.4 Å². The summed E-state index contributed by atoms with van der Waals surface area (Å²) in [5, 5.41) is 31.0. The van der Waals surface area contributed by atoms with Gasteiger partial charge in [-0.15, -0.1) is 0 Å². The zero-order valence-corrected chi connectivity index (χ0v) is 16.5. The maximum Gasteiger partial charge on any atom is 0.338 e. The Kier molecular flexibility index (Phi) is 5.74. The minimum atomic E-state index is -1.77. The van der Waals surface area contributed by atoms with Crippen LogP contribution in [0.15, 0.2) is 30.3 Å². The molecule has 2 unspecified atom stereocenters. The Labute approximate surface area is 168 Å². The lowest BCUT2D eigenvalue weighted by Crippen LogP contribution is -2.44. The lowest BCUT2D eigenvalue weighted by molar-refractivity contribution is -0.154. The number of hydrogen-bond acceptors (Lipinski definition) is 8. The molecule has 0 spiro atoms. The Morgan fingerprint density at radius 3 is 2.17 bits per heavy atom. The Morgan fingerprint density at radius 2 is 1.59 bits per heavy atom. The van der Waals surface area contributed by atoms with Gasteiger partial charge in [0.2, 0.25) is 5.75 Å². The van der Waals surface area contributed by atoms with E-state index in [0.29, 0.717) is 17.7 Å². The average Bonchev–Trinajstić information content (AvgIpc) is 2.98. The summed E-state index contributed by atoms with van der Waals surface area (Å²) in [7, 11) is 4.25. The summed E-state index contributed by atoms with van der Waals surface area (Å²) in [6.07, 6.45) is 0.296. The van der Waals surface area contributed by atoms with Gasteiger partial charge in [-0.3, -0.25) is 0 Å². The van der Waals surface area contributed by atoms with E-state index in [0.717, 1.165) is 5.56 Å². The van der Waals surface area contributed by atoms with Crippen molar-refractivity contribution in [2.75, 3.05) is 27.9 Å². The van der Waals surface area contributed by atoms with Crippen molar-refractivity contribution in [1.82, 2.24) is 0 Å². The zero-order valence-electron chi connectivity index (χ0n) is 16.5. The molecule has 1 saturated heterocycles. The molecular formula is C21H24O8. The van der Waals surface area contributed by atoms with Crippen molar-refractivity contribution in [2.24, 2.45) is 5.92 Å². The number of benzene rings is 2. The monoisotopic (exact) mass is 404 g/mol. The zero-order chi connectivity index (χ0) is 21.2. The predicted molar refractivity (Wildman–Crippen MR) is 103 cm³/mol. The van der Waals surface area contributed by atoms with Gasteiger partial charge in [0.05, 0.1) is 27.9 Å². The number of carbonyl (C=O) groups excluding carboxylic acids is 1. The third-order valence-electron chi connectivity index (χ3n) is 5.18. The van der Waals surface area contributed by atoms with Crippen LogP contribution >= 0.6 is 0 Å². The fourth-order valence-corrected chi connectivity index (χ4v) is 3.54. The van der Waals surface area contributed by atoms with Crippen LogP contribution in [0.25, 0.3) is 0 Å². The van der Waals surface area contributed by atoms with E-state index in [1.165, 1.54) is 27.4 Å². The number of phenols is 2. The van der Waals surface area contributed by atoms with Crippen molar-refractivity contribution in [2.45, 2.75) is 18.4 Å². The summed E-state index contributed by atoms with van der Waals surface area (Å²) in [5.74, 6) is -0.720. The van der Waals surface area contributed by atoms with E-state index in [2.05, 4.69) is 0 Å². The fourth-order valence-electron chi connectivity index (χ4n) is 3.54. The number of hydrogen-bond donors (Lipinski definition) is 3. The van der Waals surface area contributed by atoms with Gasteiger partial charge in [0.25, 0.3) is 0 Å². The number of cyclic esters (lactones) is 1. The molecule has 1 aliphatic rings. The second kappa shape index (κ2) is 8.08. The first-order chi connectivity index (χ1) is 13.8. The number of esters is 1. The number of ether oxygens (including phenoxy) is 4. The molecule has 0 bridgehead atoms. The van der Waals surface area contributed by atoms with Gasteiger partial charge in [-0.05, 0) is 41.8 Å². The van der Waals surface area contributed by atoms with Crippen molar-refractivity contribution < 1.29 is 39.1 Å². The molecule has 2 aromatic rings. The average molecular weight is 404 g/mol. The molecule has 1 aliphatic heterocycles. The number of methoxy groups -OCH3 is 3. The minimum absolute atomic E-state index is 0.00791. The normalized spacial score (nSPS) is 21.0. The van der Waals surface area contributed by atoms with E-state index >= 15 is 0 Å². The van der Waals surface area contributed by atoms with Crippen LogP contribution in [0.3, 0.4) is 0 Å². The van der Waals surface area contributed by atoms with Crippen LogP contribution in [0.4, 0.5) is 0 Å². The van der Waals surface area contributed by atoms with E-state index in [1.54, 1.807) is 24.3 Å². The molecule has 0 saturated carbocycles. The van der Waals surface area contributed by atoms with Crippen LogP contribution < -0.4 is 14.2 Å². The molecule has 156 valence electrons. The Balaban J connectivity index is 1.89. The fraction of sp³-hybridized carbons (Fsp3) is 0.381. The molecule has 0 amide bonds. The van der Waals surface area contributed by atoms with E-state index in [-0.39, 0.29) is 36.0 Å². The number of phenolic OH excluding ortho intramolecular Hbond substituents is 2. The van der Waals surface area contributed by atoms with Gasteiger partial charge in [-0.2, -0.15) is 0 Å². The smallest absolute Gasteiger partial charge is 0.338 e. The summed E-state index contributed by atoms with van der Waals surface area (Å²) < 4.78 is 20.6. The molecule has 1 fully saturated rings. The number of aromatic hydroxyl groups is 2. The standard InChI is InChI=1S/C21H24O8/c1-26-16-7-12(4-5-15(16)22)6-14-11-29-20(24)21(14,25)10-13-8-17(27-2)19(23)18(9-13)28-3/h4-5,7-9,14,22-23,25H,6,10-11H2,1-3H3. The first kappa shape index (κ1) is 20.6. The molecule has 1 heterocycles. The van der Waals surface area contributed by atoms with Gasteiger partial charge >= 0.3 is 5.97 Å². The topological polar surface area (TPSA) is 115 Å². The van der Waals surface area contributed by atoms with Crippen molar-refractivity contribution in [3.63, 3.8) is 0 Å². The first-order valence-corrected chi connectivity index (χ1v) is 9.01. The highest BCUT2D eigenvalue weighted by atomic mass is 16.6. The molecule has 0 radical (unpaired) electrons. The maximum atomic E-state index is 12.4. The molecule has 2 atom stereocenters. The Bertz CT molecular complexity index is 885. The van der Waals surface area contributed by atoms with Gasteiger partial charge in [-0.1, -0.05) is 6.07 Å². The summed E-state index contributed by atoms with van der Waals surface area (Å²) >= 11 is 0. The molecule has 0 aliphatic carbocycles. The first-order valence-electron chi connectivity index (χ1n) is 9.01. The number of rotatable bonds is 7. The lowest BCUT2D eigenvalue weighted by Gasteiger charge is -2.26. The van der Waals surface area contributed by atoms with Gasteiger partial charge in [0, 0.05) is 12.3 Å². The Hall–Kier alpha value is -3.13. The summed E-state index contributed by atoms with van der Waals surface area (Å²) in [5.41, 5.74) is -0.439. The lowest BCUT2D eigenvalue weighted by atomic mass is 9.80. The third-order valence-corrected chi connectivity index (χ3v) is 5.18.